The molecule has 0 radical (unpaired) electrons. The van der Waals surface area contributed by atoms with E-state index in [2.05, 4.69) is 5.32 Å². The molecule has 3 saturated heterocycles. The Morgan fingerprint density at radius 1 is 1.14 bits per heavy atom. The summed E-state index contributed by atoms with van der Waals surface area (Å²) in [4.78, 5) is 42.1. The largest absolute Gasteiger partial charge is 0.466 e. The summed E-state index contributed by atoms with van der Waals surface area (Å²) >= 11 is 0. The number of ether oxygens (including phenoxy) is 2. The molecule has 3 aliphatic rings. The highest BCUT2D eigenvalue weighted by atomic mass is 16.6. The van der Waals surface area contributed by atoms with Crippen LogP contribution < -0.4 is 5.32 Å². The summed E-state index contributed by atoms with van der Waals surface area (Å²) in [5, 5.41) is 14.2. The summed E-state index contributed by atoms with van der Waals surface area (Å²) in [6.07, 6.45) is 3.89. The number of anilines is 1. The summed E-state index contributed by atoms with van der Waals surface area (Å²) in [6.45, 7) is 2.52. The Labute approximate surface area is 210 Å². The van der Waals surface area contributed by atoms with Gasteiger partial charge >= 0.3 is 5.97 Å². The smallest absolute Gasteiger partial charge is 0.312 e. The van der Waals surface area contributed by atoms with E-state index in [1.807, 2.05) is 42.5 Å². The van der Waals surface area contributed by atoms with Crippen molar-refractivity contribution in [3.63, 3.8) is 0 Å². The molecule has 3 fully saturated rings. The first-order valence-corrected chi connectivity index (χ1v) is 13.1. The fraction of sp³-hybridized carbons (Fsp3) is 0.536. The maximum absolute atomic E-state index is 13.8. The van der Waals surface area contributed by atoms with Crippen LogP contribution in [0.4, 0.5) is 5.69 Å². The van der Waals surface area contributed by atoms with Gasteiger partial charge in [0.2, 0.25) is 11.8 Å². The number of esters is 1. The van der Waals surface area contributed by atoms with Gasteiger partial charge in [0.05, 0.1) is 24.5 Å². The Balaban J connectivity index is 1.43. The van der Waals surface area contributed by atoms with Crippen molar-refractivity contribution in [3.05, 3.63) is 42.5 Å². The Morgan fingerprint density at radius 2 is 1.92 bits per heavy atom. The van der Waals surface area contributed by atoms with Crippen molar-refractivity contribution >= 4 is 34.2 Å². The minimum absolute atomic E-state index is 0.140. The molecule has 3 aliphatic heterocycles. The van der Waals surface area contributed by atoms with Crippen LogP contribution in [0, 0.1) is 11.8 Å². The molecule has 0 aromatic heterocycles. The van der Waals surface area contributed by atoms with Crippen molar-refractivity contribution in [2.24, 2.45) is 11.8 Å². The van der Waals surface area contributed by atoms with Crippen LogP contribution in [0.1, 0.15) is 45.4 Å². The zero-order chi connectivity index (χ0) is 25.3. The van der Waals surface area contributed by atoms with E-state index in [0.29, 0.717) is 37.9 Å². The molecule has 0 saturated carbocycles. The number of unbranched alkanes of at least 4 members (excludes halogenated alkanes) is 3. The van der Waals surface area contributed by atoms with Gasteiger partial charge in [-0.1, -0.05) is 43.2 Å². The molecule has 192 valence electrons. The van der Waals surface area contributed by atoms with Gasteiger partial charge in [0.1, 0.15) is 11.6 Å². The number of hydrogen-bond donors (Lipinski definition) is 2. The lowest BCUT2D eigenvalue weighted by atomic mass is 9.71. The van der Waals surface area contributed by atoms with Crippen LogP contribution in [0.15, 0.2) is 42.5 Å². The van der Waals surface area contributed by atoms with Crippen molar-refractivity contribution in [1.82, 2.24) is 4.90 Å². The first-order valence-electron chi connectivity index (χ1n) is 13.1. The van der Waals surface area contributed by atoms with Crippen LogP contribution in [-0.2, 0) is 23.9 Å². The van der Waals surface area contributed by atoms with Gasteiger partial charge < -0.3 is 24.8 Å². The summed E-state index contributed by atoms with van der Waals surface area (Å²) in [5.41, 5.74) is -0.367. The summed E-state index contributed by atoms with van der Waals surface area (Å²) in [7, 11) is 0. The van der Waals surface area contributed by atoms with Gasteiger partial charge in [-0.2, -0.15) is 0 Å². The molecular weight excluding hydrogens is 460 g/mol. The average Bonchev–Trinajstić information content (AvgIpc) is 3.51. The first kappa shape index (κ1) is 24.7. The van der Waals surface area contributed by atoms with Crippen molar-refractivity contribution in [2.75, 3.05) is 25.1 Å². The number of benzene rings is 2. The van der Waals surface area contributed by atoms with Gasteiger partial charge in [0.15, 0.2) is 0 Å². The topological polar surface area (TPSA) is 105 Å². The normalized spacial score (nSPS) is 28.5. The molecule has 2 aromatic carbocycles. The maximum Gasteiger partial charge on any atom is 0.312 e. The van der Waals surface area contributed by atoms with Crippen LogP contribution in [0.5, 0.6) is 0 Å². The van der Waals surface area contributed by atoms with Gasteiger partial charge in [-0.05, 0) is 55.5 Å². The van der Waals surface area contributed by atoms with Gasteiger partial charge in [0, 0.05) is 18.8 Å². The lowest BCUT2D eigenvalue weighted by Crippen LogP contribution is -2.53. The monoisotopic (exact) mass is 494 g/mol. The van der Waals surface area contributed by atoms with E-state index in [4.69, 9.17) is 14.6 Å². The quantitative estimate of drug-likeness (QED) is 0.388. The number of amides is 2. The summed E-state index contributed by atoms with van der Waals surface area (Å²) in [5.74, 6) is -2.29. The number of nitrogens with one attached hydrogen (secondary N) is 1. The molecule has 1 spiro atoms. The molecule has 0 aliphatic carbocycles. The van der Waals surface area contributed by atoms with Gasteiger partial charge in [-0.15, -0.1) is 0 Å². The third kappa shape index (κ3) is 4.16. The van der Waals surface area contributed by atoms with Gasteiger partial charge in [-0.3, -0.25) is 14.4 Å². The zero-order valence-electron chi connectivity index (χ0n) is 20.7. The molecular formula is C28H34N2O6. The van der Waals surface area contributed by atoms with E-state index in [1.165, 1.54) is 0 Å². The Kier molecular flexibility index (Phi) is 6.99. The molecule has 36 heavy (non-hydrogen) atoms. The zero-order valence-corrected chi connectivity index (χ0v) is 20.7. The Hall–Kier alpha value is -2.97. The minimum atomic E-state index is -1.02. The molecule has 8 nitrogen and oxygen atoms in total. The standard InChI is InChI=1S/C28H34N2O6/c1-2-35-27(34)22-21-13-14-28(36-21)23(22)26(33)30(15-7-3-4-8-16-31)24(28)25(32)29-20-12-11-18-9-5-6-10-19(18)17-20/h5-6,9-12,17,21-24,31H,2-4,7-8,13-16H2,1H3,(H,29,32)/t21-,22+,23-,24?,28?/m0/s1. The maximum atomic E-state index is 13.8. The fourth-order valence-electron chi connectivity index (χ4n) is 6.43. The summed E-state index contributed by atoms with van der Waals surface area (Å²) < 4.78 is 11.7. The number of fused-ring (bicyclic) bond motifs is 2. The SMILES string of the molecule is CCOC(=O)[C@@H]1[C@@H]2CCC3(O2)C(C(=O)Nc2ccc4ccccc4c2)N(CCCCCCO)C(=O)[C@H]13. The van der Waals surface area contributed by atoms with Crippen molar-refractivity contribution < 1.29 is 29.0 Å². The van der Waals surface area contributed by atoms with Crippen LogP contribution in [0.25, 0.3) is 10.8 Å². The van der Waals surface area contributed by atoms with Crippen LogP contribution >= 0.6 is 0 Å². The predicted molar refractivity (Wildman–Crippen MR) is 134 cm³/mol. The van der Waals surface area contributed by atoms with Crippen molar-refractivity contribution in [1.29, 1.82) is 0 Å². The third-order valence-electron chi connectivity index (χ3n) is 7.93. The summed E-state index contributed by atoms with van der Waals surface area (Å²) in [6, 6.07) is 12.8. The van der Waals surface area contributed by atoms with Gasteiger partial charge in [0.25, 0.3) is 0 Å². The lowest BCUT2D eigenvalue weighted by Gasteiger charge is -2.33. The highest BCUT2D eigenvalue weighted by molar-refractivity contribution is 6.04. The van der Waals surface area contributed by atoms with Crippen LogP contribution in [-0.4, -0.2) is 65.3 Å². The number of likely N-dealkylation sites (tertiary alicyclic amines) is 1. The number of hydrogen-bond acceptors (Lipinski definition) is 6. The Morgan fingerprint density at radius 3 is 2.69 bits per heavy atom. The second-order valence-electron chi connectivity index (χ2n) is 10.0. The lowest BCUT2D eigenvalue weighted by molar-refractivity contribution is -0.154. The predicted octanol–water partition coefficient (Wildman–Crippen LogP) is 3.27. The van der Waals surface area contributed by atoms with Gasteiger partial charge in [-0.25, -0.2) is 0 Å². The van der Waals surface area contributed by atoms with E-state index in [9.17, 15) is 14.4 Å². The van der Waals surface area contributed by atoms with E-state index >= 15 is 0 Å². The number of aliphatic hydroxyl groups is 1. The molecule has 2 N–H and O–H groups in total. The van der Waals surface area contributed by atoms with E-state index in [0.717, 1.165) is 23.6 Å². The molecule has 2 unspecified atom stereocenters. The second-order valence-corrected chi connectivity index (χ2v) is 10.0. The molecule has 5 atom stereocenters. The van der Waals surface area contributed by atoms with E-state index < -0.39 is 35.6 Å². The number of carbonyl (C=O) groups excluding carboxylic acids is 3. The molecule has 2 amide bonds. The average molecular weight is 495 g/mol. The minimum Gasteiger partial charge on any atom is -0.466 e. The highest BCUT2D eigenvalue weighted by Gasteiger charge is 2.74. The first-order chi connectivity index (χ1) is 17.5. The van der Waals surface area contributed by atoms with E-state index in [-0.39, 0.29) is 25.0 Å². The Bertz CT molecular complexity index is 1150. The van der Waals surface area contributed by atoms with Crippen LogP contribution in [0.3, 0.4) is 0 Å². The van der Waals surface area contributed by atoms with Crippen molar-refractivity contribution in [2.45, 2.75) is 63.2 Å². The van der Waals surface area contributed by atoms with Crippen molar-refractivity contribution in [3.8, 4) is 0 Å². The van der Waals surface area contributed by atoms with Crippen LogP contribution in [0.2, 0.25) is 0 Å². The molecule has 2 bridgehead atoms. The third-order valence-corrected chi connectivity index (χ3v) is 7.93. The molecule has 3 heterocycles. The molecule has 8 heteroatoms. The fourth-order valence-corrected chi connectivity index (χ4v) is 6.43. The number of aliphatic hydroxyl groups excluding tert-OH is 1. The second kappa shape index (κ2) is 10.2. The highest BCUT2D eigenvalue weighted by Crippen LogP contribution is 2.58. The van der Waals surface area contributed by atoms with E-state index in [1.54, 1.807) is 11.8 Å². The molecule has 2 aromatic rings. The number of carbonyl (C=O) groups is 3. The number of rotatable bonds is 10. The number of nitrogens with zero attached hydrogens (tertiary/aromatic N) is 1. The molecule has 5 rings (SSSR count).